The number of amides is 3. The largest absolute Gasteiger partial charge is 0.494 e. The molecule has 0 aromatic heterocycles. The predicted octanol–water partition coefficient (Wildman–Crippen LogP) is 1.52. The van der Waals surface area contributed by atoms with Gasteiger partial charge in [0.2, 0.25) is 5.91 Å². The van der Waals surface area contributed by atoms with Gasteiger partial charge in [-0.1, -0.05) is 0 Å². The van der Waals surface area contributed by atoms with Crippen LogP contribution in [-0.2, 0) is 9.53 Å². The molecular weight excluding hydrogens is 310 g/mol. The summed E-state index contributed by atoms with van der Waals surface area (Å²) in [5, 5.41) is 5.61. The molecule has 0 radical (unpaired) electrons. The van der Waals surface area contributed by atoms with E-state index in [0.717, 1.165) is 11.4 Å². The molecule has 2 rings (SSSR count). The van der Waals surface area contributed by atoms with Gasteiger partial charge in [0.05, 0.1) is 25.3 Å². The van der Waals surface area contributed by atoms with E-state index in [2.05, 4.69) is 10.6 Å². The van der Waals surface area contributed by atoms with Gasteiger partial charge < -0.3 is 25.0 Å². The van der Waals surface area contributed by atoms with Crippen LogP contribution in [0.4, 0.5) is 10.5 Å². The second kappa shape index (κ2) is 8.54. The first-order valence-electron chi connectivity index (χ1n) is 8.12. The zero-order valence-electron chi connectivity index (χ0n) is 14.4. The number of nitrogens with zero attached hydrogens (tertiary/aromatic N) is 1. The number of methoxy groups -OCH3 is 1. The Hall–Kier alpha value is -2.28. The molecule has 0 aliphatic carbocycles. The van der Waals surface area contributed by atoms with E-state index in [4.69, 9.17) is 9.47 Å². The molecule has 1 fully saturated rings. The number of hydrogen-bond donors (Lipinski definition) is 2. The van der Waals surface area contributed by atoms with Crippen molar-refractivity contribution in [3.05, 3.63) is 24.3 Å². The number of ether oxygens (including phenoxy) is 2. The van der Waals surface area contributed by atoms with E-state index in [1.807, 2.05) is 38.1 Å². The molecule has 3 amide bonds. The van der Waals surface area contributed by atoms with E-state index in [0.29, 0.717) is 26.2 Å². The second-order valence-corrected chi connectivity index (χ2v) is 5.81. The van der Waals surface area contributed by atoms with Gasteiger partial charge in [-0.15, -0.1) is 0 Å². The molecule has 132 valence electrons. The van der Waals surface area contributed by atoms with Crippen LogP contribution in [0.2, 0.25) is 0 Å². The third-order valence-electron chi connectivity index (χ3n) is 3.71. The highest BCUT2D eigenvalue weighted by Gasteiger charge is 2.31. The fourth-order valence-electron chi connectivity index (χ4n) is 2.69. The molecule has 7 nitrogen and oxygen atoms in total. The summed E-state index contributed by atoms with van der Waals surface area (Å²) in [7, 11) is 1.58. The van der Waals surface area contributed by atoms with Crippen molar-refractivity contribution in [2.75, 3.05) is 31.8 Å². The zero-order chi connectivity index (χ0) is 17.5. The number of benzene rings is 1. The van der Waals surface area contributed by atoms with Gasteiger partial charge >= 0.3 is 6.03 Å². The van der Waals surface area contributed by atoms with Crippen LogP contribution in [0.5, 0.6) is 5.75 Å². The van der Waals surface area contributed by atoms with Crippen LogP contribution in [0, 0.1) is 0 Å². The summed E-state index contributed by atoms with van der Waals surface area (Å²) in [6.45, 7) is 5.28. The SMILES string of the molecule is CCOc1ccc(N2C[C@H](NC(=O)N[C@@H](C)COC)CC2=O)cc1. The van der Waals surface area contributed by atoms with E-state index >= 15 is 0 Å². The molecule has 0 bridgehead atoms. The van der Waals surface area contributed by atoms with Crippen molar-refractivity contribution in [2.24, 2.45) is 0 Å². The summed E-state index contributed by atoms with van der Waals surface area (Å²) in [6.07, 6.45) is 0.291. The average molecular weight is 335 g/mol. The standard InChI is InChI=1S/C17H25N3O4/c1-4-24-15-7-5-14(6-8-15)20-10-13(9-16(20)21)19-17(22)18-12(2)11-23-3/h5-8,12-13H,4,9-11H2,1-3H3,(H2,18,19,22)/t12-,13+/m0/s1. The summed E-state index contributed by atoms with van der Waals surface area (Å²) >= 11 is 0. The first-order chi connectivity index (χ1) is 11.5. The molecule has 1 heterocycles. The Labute approximate surface area is 142 Å². The summed E-state index contributed by atoms with van der Waals surface area (Å²) in [5.41, 5.74) is 0.806. The predicted molar refractivity (Wildman–Crippen MR) is 91.4 cm³/mol. The molecule has 1 aliphatic rings. The summed E-state index contributed by atoms with van der Waals surface area (Å²) in [6, 6.07) is 6.80. The van der Waals surface area contributed by atoms with Crippen LogP contribution in [-0.4, -0.2) is 50.9 Å². The maximum atomic E-state index is 12.2. The van der Waals surface area contributed by atoms with Crippen LogP contribution in [0.3, 0.4) is 0 Å². The van der Waals surface area contributed by atoms with Gasteiger partial charge in [-0.05, 0) is 38.1 Å². The van der Waals surface area contributed by atoms with Crippen molar-refractivity contribution in [2.45, 2.75) is 32.4 Å². The van der Waals surface area contributed by atoms with Gasteiger partial charge in [0.15, 0.2) is 0 Å². The van der Waals surface area contributed by atoms with Crippen molar-refractivity contribution in [3.63, 3.8) is 0 Å². The molecule has 1 aliphatic heterocycles. The smallest absolute Gasteiger partial charge is 0.315 e. The topological polar surface area (TPSA) is 79.9 Å². The monoisotopic (exact) mass is 335 g/mol. The van der Waals surface area contributed by atoms with Gasteiger partial charge in [-0.2, -0.15) is 0 Å². The van der Waals surface area contributed by atoms with Crippen molar-refractivity contribution in [1.82, 2.24) is 10.6 Å². The number of urea groups is 1. The zero-order valence-corrected chi connectivity index (χ0v) is 14.4. The second-order valence-electron chi connectivity index (χ2n) is 5.81. The summed E-state index contributed by atoms with van der Waals surface area (Å²) in [5.74, 6) is 0.767. The van der Waals surface area contributed by atoms with Crippen LogP contribution < -0.4 is 20.3 Å². The highest BCUT2D eigenvalue weighted by molar-refractivity contribution is 5.96. The van der Waals surface area contributed by atoms with Gasteiger partial charge in [0.25, 0.3) is 0 Å². The van der Waals surface area contributed by atoms with E-state index < -0.39 is 0 Å². The summed E-state index contributed by atoms with van der Waals surface area (Å²) < 4.78 is 10.4. The molecule has 7 heteroatoms. The first kappa shape index (κ1) is 18.1. The quantitative estimate of drug-likeness (QED) is 0.792. The van der Waals surface area contributed by atoms with Crippen molar-refractivity contribution in [3.8, 4) is 5.75 Å². The molecule has 1 aromatic rings. The minimum atomic E-state index is -0.286. The highest BCUT2D eigenvalue weighted by Crippen LogP contribution is 2.24. The van der Waals surface area contributed by atoms with Crippen LogP contribution in [0.25, 0.3) is 0 Å². The Morgan fingerprint density at radius 2 is 2.08 bits per heavy atom. The first-order valence-corrected chi connectivity index (χ1v) is 8.12. The number of carbonyl (C=O) groups excluding carboxylic acids is 2. The van der Waals surface area contributed by atoms with Crippen LogP contribution >= 0.6 is 0 Å². The van der Waals surface area contributed by atoms with E-state index in [1.54, 1.807) is 12.0 Å². The lowest BCUT2D eigenvalue weighted by Crippen LogP contribution is -2.47. The highest BCUT2D eigenvalue weighted by atomic mass is 16.5. The van der Waals surface area contributed by atoms with Crippen LogP contribution in [0.15, 0.2) is 24.3 Å². The lowest BCUT2D eigenvalue weighted by molar-refractivity contribution is -0.117. The molecule has 2 atom stereocenters. The Morgan fingerprint density at radius 3 is 2.71 bits per heavy atom. The summed E-state index contributed by atoms with van der Waals surface area (Å²) in [4.78, 5) is 25.8. The maximum absolute atomic E-state index is 12.2. The molecule has 0 saturated carbocycles. The van der Waals surface area contributed by atoms with Gasteiger partial charge in [0, 0.05) is 25.8 Å². The number of hydrogen-bond acceptors (Lipinski definition) is 4. The lowest BCUT2D eigenvalue weighted by Gasteiger charge is -2.19. The fourth-order valence-corrected chi connectivity index (χ4v) is 2.69. The normalized spacial score (nSPS) is 18.4. The number of nitrogens with one attached hydrogen (secondary N) is 2. The average Bonchev–Trinajstić information content (AvgIpc) is 2.88. The Bertz CT molecular complexity index is 561. The number of carbonyl (C=O) groups is 2. The number of anilines is 1. The van der Waals surface area contributed by atoms with Crippen molar-refractivity contribution >= 4 is 17.6 Å². The fraction of sp³-hybridized carbons (Fsp3) is 0.529. The van der Waals surface area contributed by atoms with E-state index in [-0.39, 0.29) is 24.0 Å². The van der Waals surface area contributed by atoms with E-state index in [9.17, 15) is 9.59 Å². The van der Waals surface area contributed by atoms with Gasteiger partial charge in [-0.25, -0.2) is 4.79 Å². The maximum Gasteiger partial charge on any atom is 0.315 e. The molecule has 1 saturated heterocycles. The number of rotatable bonds is 7. The van der Waals surface area contributed by atoms with Gasteiger partial charge in [-0.3, -0.25) is 4.79 Å². The van der Waals surface area contributed by atoms with Crippen molar-refractivity contribution in [1.29, 1.82) is 0 Å². The molecule has 1 aromatic carbocycles. The molecule has 24 heavy (non-hydrogen) atoms. The van der Waals surface area contributed by atoms with Crippen LogP contribution in [0.1, 0.15) is 20.3 Å². The minimum Gasteiger partial charge on any atom is -0.494 e. The molecule has 0 spiro atoms. The minimum absolute atomic E-state index is 0.00519. The Balaban J connectivity index is 1.89. The Morgan fingerprint density at radius 1 is 1.38 bits per heavy atom. The van der Waals surface area contributed by atoms with Gasteiger partial charge in [0.1, 0.15) is 5.75 Å². The van der Waals surface area contributed by atoms with E-state index in [1.165, 1.54) is 0 Å². The molecule has 2 N–H and O–H groups in total. The third kappa shape index (κ3) is 4.86. The molecule has 0 unspecified atom stereocenters. The third-order valence-corrected chi connectivity index (χ3v) is 3.71. The molecular formula is C17H25N3O4. The van der Waals surface area contributed by atoms with Crippen molar-refractivity contribution < 1.29 is 19.1 Å². The lowest BCUT2D eigenvalue weighted by atomic mass is 10.2. The Kier molecular flexibility index (Phi) is 6.43.